The fourth-order valence-corrected chi connectivity index (χ4v) is 2.87. The summed E-state index contributed by atoms with van der Waals surface area (Å²) in [6, 6.07) is 1.02. The lowest BCUT2D eigenvalue weighted by Crippen LogP contribution is -2.55. The molecular weight excluding hydrogens is 401 g/mol. The monoisotopic (exact) mass is 439 g/mol. The normalized spacial score (nSPS) is 21.9. The Labute approximate surface area is 160 Å². The minimum absolute atomic E-state index is 0. The number of rotatable bonds is 7. The summed E-state index contributed by atoms with van der Waals surface area (Å²) in [5.41, 5.74) is 0. The van der Waals surface area contributed by atoms with Gasteiger partial charge >= 0.3 is 0 Å². The lowest BCUT2D eigenvalue weighted by Gasteiger charge is -2.38. The first-order chi connectivity index (χ1) is 10.4. The van der Waals surface area contributed by atoms with Crippen LogP contribution in [0.2, 0.25) is 0 Å². The molecule has 1 fully saturated rings. The zero-order valence-corrected chi connectivity index (χ0v) is 18.3. The number of nitrogens with zero attached hydrogens (tertiary/aromatic N) is 3. The highest BCUT2D eigenvalue weighted by Gasteiger charge is 2.22. The van der Waals surface area contributed by atoms with Crippen LogP contribution in [0.5, 0.6) is 0 Å². The molecular formula is C17H38IN5. The highest BCUT2D eigenvalue weighted by Crippen LogP contribution is 2.08. The molecule has 1 aliphatic rings. The van der Waals surface area contributed by atoms with Gasteiger partial charge in [0.25, 0.3) is 0 Å². The fourth-order valence-electron chi connectivity index (χ4n) is 2.87. The highest BCUT2D eigenvalue weighted by atomic mass is 127. The van der Waals surface area contributed by atoms with Crippen molar-refractivity contribution in [1.82, 2.24) is 20.4 Å². The molecule has 2 unspecified atom stereocenters. The van der Waals surface area contributed by atoms with Crippen molar-refractivity contribution in [3.05, 3.63) is 0 Å². The van der Waals surface area contributed by atoms with Crippen LogP contribution in [0, 0.1) is 5.92 Å². The minimum atomic E-state index is 0. The molecule has 0 aromatic carbocycles. The zero-order chi connectivity index (χ0) is 16.5. The topological polar surface area (TPSA) is 42.9 Å². The maximum Gasteiger partial charge on any atom is 0.191 e. The number of aliphatic imine (C=N–C) groups is 1. The van der Waals surface area contributed by atoms with Gasteiger partial charge in [-0.3, -0.25) is 9.89 Å². The third-order valence-corrected chi connectivity index (χ3v) is 4.51. The standard InChI is InChI=1S/C17H37N5.HI/c1-14(2)8-7-9-15(3)20-17(18-4)19-12-16-13-21(5)10-11-22(16)6;/h14-16H,7-13H2,1-6H3,(H2,18,19,20);1H. The molecule has 0 bridgehead atoms. The Morgan fingerprint density at radius 3 is 2.48 bits per heavy atom. The van der Waals surface area contributed by atoms with Gasteiger partial charge in [0.15, 0.2) is 5.96 Å². The molecule has 6 heteroatoms. The molecule has 0 aliphatic carbocycles. The summed E-state index contributed by atoms with van der Waals surface area (Å²) in [6.45, 7) is 11.2. The van der Waals surface area contributed by atoms with E-state index >= 15 is 0 Å². The van der Waals surface area contributed by atoms with Crippen molar-refractivity contribution in [2.75, 3.05) is 47.3 Å². The fraction of sp³-hybridized carbons (Fsp3) is 0.941. The predicted molar refractivity (Wildman–Crippen MR) is 112 cm³/mol. The Bertz CT molecular complexity index is 335. The van der Waals surface area contributed by atoms with Gasteiger partial charge in [-0.05, 0) is 33.4 Å². The van der Waals surface area contributed by atoms with E-state index in [0.29, 0.717) is 12.1 Å². The van der Waals surface area contributed by atoms with E-state index in [4.69, 9.17) is 0 Å². The summed E-state index contributed by atoms with van der Waals surface area (Å²) in [5.74, 6) is 1.72. The highest BCUT2D eigenvalue weighted by molar-refractivity contribution is 14.0. The summed E-state index contributed by atoms with van der Waals surface area (Å²) < 4.78 is 0. The summed E-state index contributed by atoms with van der Waals surface area (Å²) in [4.78, 5) is 9.20. The first kappa shape index (κ1) is 22.9. The van der Waals surface area contributed by atoms with E-state index in [-0.39, 0.29) is 24.0 Å². The van der Waals surface area contributed by atoms with Crippen LogP contribution in [-0.4, -0.2) is 75.2 Å². The van der Waals surface area contributed by atoms with Gasteiger partial charge in [0.05, 0.1) is 0 Å². The summed E-state index contributed by atoms with van der Waals surface area (Å²) >= 11 is 0. The maximum absolute atomic E-state index is 4.36. The van der Waals surface area contributed by atoms with E-state index < -0.39 is 0 Å². The van der Waals surface area contributed by atoms with Crippen molar-refractivity contribution < 1.29 is 0 Å². The molecule has 2 N–H and O–H groups in total. The van der Waals surface area contributed by atoms with Crippen LogP contribution in [0.15, 0.2) is 4.99 Å². The van der Waals surface area contributed by atoms with Crippen molar-refractivity contribution in [1.29, 1.82) is 0 Å². The van der Waals surface area contributed by atoms with Gasteiger partial charge in [-0.25, -0.2) is 0 Å². The van der Waals surface area contributed by atoms with E-state index in [1.807, 2.05) is 7.05 Å². The molecule has 1 rings (SSSR count). The van der Waals surface area contributed by atoms with Crippen molar-refractivity contribution in [3.63, 3.8) is 0 Å². The van der Waals surface area contributed by atoms with Crippen molar-refractivity contribution >= 4 is 29.9 Å². The first-order valence-corrected chi connectivity index (χ1v) is 8.78. The molecule has 1 heterocycles. The average Bonchev–Trinajstić information content (AvgIpc) is 2.46. The number of hydrogen-bond acceptors (Lipinski definition) is 3. The second kappa shape index (κ2) is 12.3. The molecule has 0 spiro atoms. The number of likely N-dealkylation sites (N-methyl/N-ethyl adjacent to an activating group) is 2. The van der Waals surface area contributed by atoms with Gasteiger partial charge in [-0.2, -0.15) is 0 Å². The van der Waals surface area contributed by atoms with Gasteiger partial charge in [-0.15, -0.1) is 24.0 Å². The molecule has 0 aromatic heterocycles. The number of nitrogens with one attached hydrogen (secondary N) is 2. The van der Waals surface area contributed by atoms with Crippen LogP contribution < -0.4 is 10.6 Å². The van der Waals surface area contributed by atoms with Gasteiger partial charge in [0, 0.05) is 45.3 Å². The number of guanidine groups is 1. The Hall–Kier alpha value is -0.0800. The number of hydrogen-bond donors (Lipinski definition) is 2. The molecule has 1 saturated heterocycles. The smallest absolute Gasteiger partial charge is 0.191 e. The Kier molecular flexibility index (Phi) is 12.3. The van der Waals surface area contributed by atoms with E-state index in [0.717, 1.165) is 38.1 Å². The van der Waals surface area contributed by atoms with Crippen LogP contribution in [0.4, 0.5) is 0 Å². The molecule has 5 nitrogen and oxygen atoms in total. The number of halogens is 1. The van der Waals surface area contributed by atoms with Crippen LogP contribution in [-0.2, 0) is 0 Å². The Morgan fingerprint density at radius 2 is 1.87 bits per heavy atom. The van der Waals surface area contributed by atoms with E-state index in [9.17, 15) is 0 Å². The van der Waals surface area contributed by atoms with Crippen LogP contribution in [0.1, 0.15) is 40.0 Å². The van der Waals surface area contributed by atoms with Gasteiger partial charge in [0.1, 0.15) is 0 Å². The van der Waals surface area contributed by atoms with Crippen LogP contribution >= 0.6 is 24.0 Å². The van der Waals surface area contributed by atoms with Crippen molar-refractivity contribution in [2.45, 2.75) is 52.1 Å². The minimum Gasteiger partial charge on any atom is -0.355 e. The van der Waals surface area contributed by atoms with Gasteiger partial charge < -0.3 is 15.5 Å². The molecule has 0 aromatic rings. The van der Waals surface area contributed by atoms with Crippen molar-refractivity contribution in [2.24, 2.45) is 10.9 Å². The second-order valence-electron chi connectivity index (χ2n) is 7.22. The van der Waals surface area contributed by atoms with Crippen molar-refractivity contribution in [3.8, 4) is 0 Å². The Balaban J connectivity index is 0.00000484. The Morgan fingerprint density at radius 1 is 1.17 bits per heavy atom. The molecule has 0 saturated carbocycles. The molecule has 2 atom stereocenters. The van der Waals surface area contributed by atoms with E-state index in [1.165, 1.54) is 19.3 Å². The molecule has 23 heavy (non-hydrogen) atoms. The lowest BCUT2D eigenvalue weighted by molar-refractivity contribution is 0.116. The molecule has 1 aliphatic heterocycles. The molecule has 0 radical (unpaired) electrons. The quantitative estimate of drug-likeness (QED) is 0.363. The van der Waals surface area contributed by atoms with Crippen LogP contribution in [0.3, 0.4) is 0 Å². The number of piperazine rings is 1. The van der Waals surface area contributed by atoms with Crippen LogP contribution in [0.25, 0.3) is 0 Å². The SMILES string of the molecule is CN=C(NCC1CN(C)CCN1C)NC(C)CCCC(C)C.I. The second-order valence-corrected chi connectivity index (χ2v) is 7.22. The largest absolute Gasteiger partial charge is 0.355 e. The maximum atomic E-state index is 4.36. The third kappa shape index (κ3) is 9.72. The summed E-state index contributed by atoms with van der Waals surface area (Å²) in [7, 11) is 6.26. The predicted octanol–water partition coefficient (Wildman–Crippen LogP) is 2.23. The summed E-state index contributed by atoms with van der Waals surface area (Å²) in [6.07, 6.45) is 3.78. The summed E-state index contributed by atoms with van der Waals surface area (Å²) in [5, 5.41) is 7.00. The van der Waals surface area contributed by atoms with Gasteiger partial charge in [-0.1, -0.05) is 26.7 Å². The average molecular weight is 439 g/mol. The zero-order valence-electron chi connectivity index (χ0n) is 15.9. The lowest BCUT2D eigenvalue weighted by atomic mass is 10.0. The third-order valence-electron chi connectivity index (χ3n) is 4.51. The molecule has 138 valence electrons. The molecule has 0 amide bonds. The van der Waals surface area contributed by atoms with Gasteiger partial charge in [0.2, 0.25) is 0 Å². The first-order valence-electron chi connectivity index (χ1n) is 8.78. The van der Waals surface area contributed by atoms with E-state index in [1.54, 1.807) is 0 Å². The van der Waals surface area contributed by atoms with E-state index in [2.05, 4.69) is 60.3 Å².